The second-order valence-corrected chi connectivity index (χ2v) is 6.49. The van der Waals surface area contributed by atoms with Crippen LogP contribution >= 0.6 is 0 Å². The van der Waals surface area contributed by atoms with Gasteiger partial charge in [-0.25, -0.2) is 8.42 Å². The van der Waals surface area contributed by atoms with Crippen LogP contribution in [0.15, 0.2) is 24.3 Å². The molecule has 2 rings (SSSR count). The Bertz CT molecular complexity index is 583. The first kappa shape index (κ1) is 12.9. The summed E-state index contributed by atoms with van der Waals surface area (Å²) in [7, 11) is -1.72. The summed E-state index contributed by atoms with van der Waals surface area (Å²) >= 11 is 0. The molecular formula is C12H16N2O3S. The molecule has 1 atom stereocenters. The molecule has 1 aromatic rings. The molecule has 1 aromatic carbocycles. The van der Waals surface area contributed by atoms with Crippen LogP contribution in [0.1, 0.15) is 6.92 Å². The number of nitrogens with zero attached hydrogens (tertiary/aromatic N) is 2. The molecule has 0 fully saturated rings. The fourth-order valence-corrected chi connectivity index (χ4v) is 3.15. The topological polar surface area (TPSA) is 57.7 Å². The third-order valence-electron chi connectivity index (χ3n) is 3.10. The molecule has 0 unspecified atom stereocenters. The van der Waals surface area contributed by atoms with Crippen molar-refractivity contribution in [2.75, 3.05) is 29.1 Å². The number of hydrogen-bond donors (Lipinski definition) is 0. The molecule has 0 aromatic heterocycles. The molecule has 6 heteroatoms. The highest BCUT2D eigenvalue weighted by atomic mass is 32.2. The maximum atomic E-state index is 12.1. The third-order valence-corrected chi connectivity index (χ3v) is 4.25. The molecule has 1 aliphatic rings. The lowest BCUT2D eigenvalue weighted by molar-refractivity contribution is -0.121. The first-order valence-electron chi connectivity index (χ1n) is 5.66. The fourth-order valence-electron chi connectivity index (χ4n) is 2.15. The van der Waals surface area contributed by atoms with Crippen LogP contribution in [0.3, 0.4) is 0 Å². The van der Waals surface area contributed by atoms with Gasteiger partial charge < -0.3 is 4.90 Å². The molecular weight excluding hydrogens is 252 g/mol. The van der Waals surface area contributed by atoms with E-state index in [-0.39, 0.29) is 18.4 Å². The smallest absolute Gasteiger partial charge is 0.232 e. The second-order valence-electron chi connectivity index (χ2n) is 4.58. The fraction of sp³-hybridized carbons (Fsp3) is 0.417. The summed E-state index contributed by atoms with van der Waals surface area (Å²) in [5, 5.41) is 0. The minimum absolute atomic E-state index is 0.0754. The summed E-state index contributed by atoms with van der Waals surface area (Å²) in [6, 6.07) is 7.03. The third kappa shape index (κ3) is 2.08. The lowest BCUT2D eigenvalue weighted by Crippen LogP contribution is -2.36. The van der Waals surface area contributed by atoms with Crippen molar-refractivity contribution in [3.05, 3.63) is 24.3 Å². The van der Waals surface area contributed by atoms with Gasteiger partial charge in [0.15, 0.2) is 0 Å². The number of sulfonamides is 1. The molecule has 1 aliphatic heterocycles. The average molecular weight is 268 g/mol. The lowest BCUT2D eigenvalue weighted by atomic mass is 10.1. The van der Waals surface area contributed by atoms with Crippen molar-refractivity contribution >= 4 is 27.3 Å². The Labute approximate surface area is 107 Å². The van der Waals surface area contributed by atoms with Crippen molar-refractivity contribution < 1.29 is 13.2 Å². The van der Waals surface area contributed by atoms with Gasteiger partial charge in [-0.2, -0.15) is 0 Å². The highest BCUT2D eigenvalue weighted by Crippen LogP contribution is 2.34. The SMILES string of the molecule is C[C@@H]1CN(S(C)(=O)=O)c2ccccc2N(C)C1=O. The Morgan fingerprint density at radius 3 is 2.33 bits per heavy atom. The van der Waals surface area contributed by atoms with Crippen LogP contribution in [-0.4, -0.2) is 34.2 Å². The quantitative estimate of drug-likeness (QED) is 0.765. The van der Waals surface area contributed by atoms with Gasteiger partial charge in [-0.15, -0.1) is 0 Å². The number of rotatable bonds is 1. The van der Waals surface area contributed by atoms with Crippen LogP contribution in [0.5, 0.6) is 0 Å². The van der Waals surface area contributed by atoms with E-state index in [1.54, 1.807) is 38.2 Å². The van der Waals surface area contributed by atoms with E-state index < -0.39 is 10.0 Å². The highest BCUT2D eigenvalue weighted by molar-refractivity contribution is 7.92. The van der Waals surface area contributed by atoms with Gasteiger partial charge in [0.2, 0.25) is 15.9 Å². The number of carbonyl (C=O) groups excluding carboxylic acids is 1. The number of amides is 1. The number of para-hydroxylation sites is 2. The maximum Gasteiger partial charge on any atom is 0.232 e. The summed E-state index contributed by atoms with van der Waals surface area (Å²) < 4.78 is 25.0. The molecule has 1 amide bonds. The van der Waals surface area contributed by atoms with Crippen molar-refractivity contribution in [2.45, 2.75) is 6.92 Å². The van der Waals surface area contributed by atoms with E-state index in [0.717, 1.165) is 6.26 Å². The average Bonchev–Trinajstić information content (AvgIpc) is 2.40. The van der Waals surface area contributed by atoms with Gasteiger partial charge in [-0.3, -0.25) is 9.10 Å². The van der Waals surface area contributed by atoms with E-state index in [1.807, 2.05) is 0 Å². The van der Waals surface area contributed by atoms with Crippen LogP contribution in [0.4, 0.5) is 11.4 Å². The molecule has 98 valence electrons. The Kier molecular flexibility index (Phi) is 3.06. The Hall–Kier alpha value is -1.56. The van der Waals surface area contributed by atoms with E-state index in [1.165, 1.54) is 9.21 Å². The van der Waals surface area contributed by atoms with Gasteiger partial charge >= 0.3 is 0 Å². The normalized spacial score (nSPS) is 20.6. The largest absolute Gasteiger partial charge is 0.313 e. The van der Waals surface area contributed by atoms with Crippen molar-refractivity contribution in [3.8, 4) is 0 Å². The first-order chi connectivity index (χ1) is 8.32. The molecule has 0 bridgehead atoms. The zero-order chi connectivity index (χ0) is 13.5. The predicted molar refractivity (Wildman–Crippen MR) is 71.2 cm³/mol. The van der Waals surface area contributed by atoms with Crippen LogP contribution in [-0.2, 0) is 14.8 Å². The number of benzene rings is 1. The van der Waals surface area contributed by atoms with Gasteiger partial charge in [0.05, 0.1) is 23.5 Å². The summed E-state index contributed by atoms with van der Waals surface area (Å²) in [5.41, 5.74) is 1.18. The van der Waals surface area contributed by atoms with E-state index in [2.05, 4.69) is 0 Å². The van der Waals surface area contributed by atoms with Crippen LogP contribution in [0.2, 0.25) is 0 Å². The first-order valence-corrected chi connectivity index (χ1v) is 7.51. The Morgan fingerprint density at radius 1 is 1.22 bits per heavy atom. The van der Waals surface area contributed by atoms with E-state index in [9.17, 15) is 13.2 Å². The molecule has 0 radical (unpaired) electrons. The maximum absolute atomic E-state index is 12.1. The standard InChI is InChI=1S/C12H16N2O3S/c1-9-8-14(18(3,16)17)11-7-5-4-6-10(11)13(2)12(9)15/h4-7,9H,8H2,1-3H3/t9-/m1/s1. The monoisotopic (exact) mass is 268 g/mol. The second kappa shape index (κ2) is 4.28. The van der Waals surface area contributed by atoms with Crippen LogP contribution < -0.4 is 9.21 Å². The molecule has 0 saturated heterocycles. The molecule has 18 heavy (non-hydrogen) atoms. The Morgan fingerprint density at radius 2 is 1.78 bits per heavy atom. The van der Waals surface area contributed by atoms with E-state index in [4.69, 9.17) is 0 Å². The van der Waals surface area contributed by atoms with Crippen molar-refractivity contribution in [1.29, 1.82) is 0 Å². The molecule has 0 saturated carbocycles. The van der Waals surface area contributed by atoms with Gasteiger partial charge in [0.1, 0.15) is 0 Å². The zero-order valence-corrected chi connectivity index (χ0v) is 11.4. The number of anilines is 2. The molecule has 0 N–H and O–H groups in total. The summed E-state index contributed by atoms with van der Waals surface area (Å²) in [6.45, 7) is 1.92. The number of hydrogen-bond acceptors (Lipinski definition) is 3. The number of fused-ring (bicyclic) bond motifs is 1. The Balaban J connectivity index is 2.65. The predicted octanol–water partition coefficient (Wildman–Crippen LogP) is 1.07. The van der Waals surface area contributed by atoms with Crippen molar-refractivity contribution in [2.24, 2.45) is 5.92 Å². The van der Waals surface area contributed by atoms with Gasteiger partial charge in [-0.1, -0.05) is 19.1 Å². The van der Waals surface area contributed by atoms with Crippen molar-refractivity contribution in [1.82, 2.24) is 0 Å². The summed E-state index contributed by atoms with van der Waals surface area (Å²) in [4.78, 5) is 13.6. The van der Waals surface area contributed by atoms with Gasteiger partial charge in [0, 0.05) is 13.6 Å². The molecule has 5 nitrogen and oxygen atoms in total. The zero-order valence-electron chi connectivity index (χ0n) is 10.6. The minimum atomic E-state index is -3.39. The molecule has 0 aliphatic carbocycles. The van der Waals surface area contributed by atoms with Gasteiger partial charge in [0.25, 0.3) is 0 Å². The van der Waals surface area contributed by atoms with Crippen LogP contribution in [0.25, 0.3) is 0 Å². The molecule has 0 spiro atoms. The highest BCUT2D eigenvalue weighted by Gasteiger charge is 2.32. The van der Waals surface area contributed by atoms with Crippen molar-refractivity contribution in [3.63, 3.8) is 0 Å². The van der Waals surface area contributed by atoms with Gasteiger partial charge in [-0.05, 0) is 12.1 Å². The molecule has 1 heterocycles. The summed E-state index contributed by atoms with van der Waals surface area (Å²) in [5.74, 6) is -0.439. The van der Waals surface area contributed by atoms with E-state index >= 15 is 0 Å². The minimum Gasteiger partial charge on any atom is -0.313 e. The number of carbonyl (C=O) groups is 1. The summed E-state index contributed by atoms with van der Waals surface area (Å²) in [6.07, 6.45) is 1.16. The van der Waals surface area contributed by atoms with E-state index in [0.29, 0.717) is 11.4 Å². The lowest BCUT2D eigenvalue weighted by Gasteiger charge is -2.23. The van der Waals surface area contributed by atoms with Crippen LogP contribution in [0, 0.1) is 5.92 Å².